The van der Waals surface area contributed by atoms with Gasteiger partial charge >= 0.3 is 29.8 Å². The number of fused-ring (bicyclic) bond motifs is 1. The molecule has 0 aromatic rings. The minimum atomic E-state index is -1.69. The van der Waals surface area contributed by atoms with Crippen molar-refractivity contribution >= 4 is 29.8 Å². The molecular weight excluding hydrogens is 484 g/mol. The Bertz CT molecular complexity index is 1010. The quantitative estimate of drug-likeness (QED) is 0.292. The van der Waals surface area contributed by atoms with E-state index in [1.807, 2.05) is 19.1 Å². The maximum atomic E-state index is 12.3. The Morgan fingerprint density at radius 3 is 2.08 bits per heavy atom. The fourth-order valence-corrected chi connectivity index (χ4v) is 4.82. The van der Waals surface area contributed by atoms with Crippen LogP contribution >= 0.6 is 0 Å². The molecule has 0 aliphatic heterocycles. The highest BCUT2D eigenvalue weighted by molar-refractivity contribution is 5.70. The molecule has 0 amide bonds. The highest BCUT2D eigenvalue weighted by Crippen LogP contribution is 2.41. The summed E-state index contributed by atoms with van der Waals surface area (Å²) in [5, 5.41) is 0. The van der Waals surface area contributed by atoms with Gasteiger partial charge in [-0.3, -0.25) is 24.0 Å². The van der Waals surface area contributed by atoms with Gasteiger partial charge in [-0.1, -0.05) is 25.2 Å². The first kappa shape index (κ1) is 29.8. The number of hydrogen-bond donors (Lipinski definition) is 0. The van der Waals surface area contributed by atoms with Crippen molar-refractivity contribution in [2.45, 2.75) is 79.1 Å². The molecule has 0 spiro atoms. The summed E-state index contributed by atoms with van der Waals surface area (Å²) in [4.78, 5) is 60.4. The second-order valence-corrected chi connectivity index (χ2v) is 9.60. The van der Waals surface area contributed by atoms with E-state index in [4.69, 9.17) is 23.7 Å². The summed E-state index contributed by atoms with van der Waals surface area (Å²) in [6.45, 7) is 9.38. The predicted molar refractivity (Wildman–Crippen MR) is 130 cm³/mol. The first-order chi connectivity index (χ1) is 17.2. The molecule has 0 saturated heterocycles. The molecule has 0 aromatic carbocycles. The smallest absolute Gasteiger partial charge is 0.308 e. The summed E-state index contributed by atoms with van der Waals surface area (Å²) in [6.07, 6.45) is 5.82. The molecule has 0 saturated carbocycles. The van der Waals surface area contributed by atoms with E-state index >= 15 is 0 Å². The van der Waals surface area contributed by atoms with Crippen LogP contribution in [0.2, 0.25) is 0 Å². The van der Waals surface area contributed by atoms with E-state index < -0.39 is 47.7 Å². The zero-order chi connectivity index (χ0) is 27.9. The Morgan fingerprint density at radius 2 is 1.54 bits per heavy atom. The molecule has 2 aliphatic rings. The van der Waals surface area contributed by atoms with E-state index in [1.54, 1.807) is 0 Å². The third-order valence-corrected chi connectivity index (χ3v) is 6.41. The molecule has 0 fully saturated rings. The molecular formula is C27H36O10. The number of ether oxygens (including phenoxy) is 5. The van der Waals surface area contributed by atoms with Crippen molar-refractivity contribution in [1.29, 1.82) is 0 Å². The van der Waals surface area contributed by atoms with Crippen molar-refractivity contribution in [3.8, 4) is 0 Å². The monoisotopic (exact) mass is 520 g/mol. The van der Waals surface area contributed by atoms with Crippen molar-refractivity contribution < 1.29 is 47.7 Å². The summed E-state index contributed by atoms with van der Waals surface area (Å²) < 4.78 is 27.8. The van der Waals surface area contributed by atoms with Crippen LogP contribution in [0.4, 0.5) is 0 Å². The van der Waals surface area contributed by atoms with Gasteiger partial charge in [0, 0.05) is 46.3 Å². The Balaban J connectivity index is 2.88. The van der Waals surface area contributed by atoms with Crippen LogP contribution in [-0.4, -0.2) is 54.3 Å². The van der Waals surface area contributed by atoms with Gasteiger partial charge in [0.25, 0.3) is 0 Å². The zero-order valence-corrected chi connectivity index (χ0v) is 22.4. The number of carbonyl (C=O) groups is 5. The van der Waals surface area contributed by atoms with Gasteiger partial charge in [0.2, 0.25) is 0 Å². The summed E-state index contributed by atoms with van der Waals surface area (Å²) in [5.74, 6) is -3.46. The Kier molecular flexibility index (Phi) is 10.2. The Hall–Kier alpha value is -3.43. The van der Waals surface area contributed by atoms with Crippen LogP contribution in [0.1, 0.15) is 61.3 Å². The average Bonchev–Trinajstić information content (AvgIpc) is 2.74. The second-order valence-electron chi connectivity index (χ2n) is 9.60. The highest BCUT2D eigenvalue weighted by Gasteiger charge is 2.50. The maximum absolute atomic E-state index is 12.3. The van der Waals surface area contributed by atoms with Crippen LogP contribution in [0.15, 0.2) is 35.6 Å². The molecule has 204 valence electrons. The third kappa shape index (κ3) is 8.30. The SMILES string of the molecule is CC(=O)OCC1=C/[C@H]2[C@H](CC=C[C@H]2C)C[C@H](OC(C)=O)[C@@](C)(OC(C)=O)[C@@H](OC(C)=O)/C=C\1OC(C)=O. The van der Waals surface area contributed by atoms with E-state index in [0.29, 0.717) is 12.0 Å². The van der Waals surface area contributed by atoms with Gasteiger partial charge in [-0.2, -0.15) is 0 Å². The Morgan fingerprint density at radius 1 is 0.892 bits per heavy atom. The molecule has 10 heteroatoms. The lowest BCUT2D eigenvalue weighted by Crippen LogP contribution is -2.56. The molecule has 0 aromatic heterocycles. The number of rotatable bonds is 6. The fraction of sp³-hybridized carbons (Fsp3) is 0.593. The minimum Gasteiger partial charge on any atom is -0.461 e. The van der Waals surface area contributed by atoms with Crippen LogP contribution in [-0.2, 0) is 47.7 Å². The van der Waals surface area contributed by atoms with Gasteiger partial charge in [-0.25, -0.2) is 0 Å². The number of allylic oxidation sites excluding steroid dienone is 3. The van der Waals surface area contributed by atoms with E-state index in [0.717, 1.165) is 0 Å². The van der Waals surface area contributed by atoms with E-state index in [-0.39, 0.29) is 36.5 Å². The molecule has 0 N–H and O–H groups in total. The lowest BCUT2D eigenvalue weighted by Gasteiger charge is -2.43. The summed E-state index contributed by atoms with van der Waals surface area (Å²) in [5.41, 5.74) is -1.30. The summed E-state index contributed by atoms with van der Waals surface area (Å²) >= 11 is 0. The number of esters is 5. The zero-order valence-electron chi connectivity index (χ0n) is 22.4. The van der Waals surface area contributed by atoms with Crippen LogP contribution in [0, 0.1) is 17.8 Å². The third-order valence-electron chi connectivity index (χ3n) is 6.41. The van der Waals surface area contributed by atoms with Crippen LogP contribution in [0.3, 0.4) is 0 Å². The van der Waals surface area contributed by atoms with Gasteiger partial charge < -0.3 is 23.7 Å². The van der Waals surface area contributed by atoms with Crippen molar-refractivity contribution in [3.63, 3.8) is 0 Å². The van der Waals surface area contributed by atoms with Crippen LogP contribution in [0.5, 0.6) is 0 Å². The number of hydrogen-bond acceptors (Lipinski definition) is 10. The molecule has 0 unspecified atom stereocenters. The van der Waals surface area contributed by atoms with Gasteiger partial charge in [0.1, 0.15) is 18.5 Å². The normalized spacial score (nSPS) is 32.2. The molecule has 0 radical (unpaired) electrons. The first-order valence-electron chi connectivity index (χ1n) is 12.2. The minimum absolute atomic E-state index is 0.0256. The van der Waals surface area contributed by atoms with Gasteiger partial charge in [0.15, 0.2) is 11.7 Å². The average molecular weight is 521 g/mol. The molecule has 2 rings (SSSR count). The molecule has 37 heavy (non-hydrogen) atoms. The van der Waals surface area contributed by atoms with E-state index in [1.165, 1.54) is 47.6 Å². The van der Waals surface area contributed by atoms with Gasteiger partial charge in [-0.15, -0.1) is 0 Å². The van der Waals surface area contributed by atoms with Crippen molar-refractivity contribution in [1.82, 2.24) is 0 Å². The highest BCUT2D eigenvalue weighted by atomic mass is 16.6. The maximum Gasteiger partial charge on any atom is 0.308 e. The van der Waals surface area contributed by atoms with Gasteiger partial charge in [0.05, 0.1) is 0 Å². The van der Waals surface area contributed by atoms with Crippen molar-refractivity contribution in [3.05, 3.63) is 35.6 Å². The summed E-state index contributed by atoms with van der Waals surface area (Å²) in [6, 6.07) is 0. The van der Waals surface area contributed by atoms with Crippen LogP contribution < -0.4 is 0 Å². The standard InChI is InChI=1S/C27H36O10/c1-15-9-8-10-21-12-25(35-18(4)30)27(7,37-20(6)32)26(36-19(5)31)13-24(34-17(3)29)22(11-23(15)21)14-33-16(2)28/h8-9,11,13,15,21,23,25-26H,10,12,14H2,1-7H3/b22-11-,24-13+/t15-,21-,23-,25+,26+,27-/m1/s1. The predicted octanol–water partition coefficient (Wildman–Crippen LogP) is 3.34. The van der Waals surface area contributed by atoms with Crippen molar-refractivity contribution in [2.24, 2.45) is 17.8 Å². The fourth-order valence-electron chi connectivity index (χ4n) is 4.82. The molecule has 10 nitrogen and oxygen atoms in total. The summed E-state index contributed by atoms with van der Waals surface area (Å²) in [7, 11) is 0. The molecule has 0 heterocycles. The largest absolute Gasteiger partial charge is 0.461 e. The molecule has 6 atom stereocenters. The molecule has 0 bridgehead atoms. The van der Waals surface area contributed by atoms with E-state index in [2.05, 4.69) is 6.08 Å². The molecule has 2 aliphatic carbocycles. The Labute approximate surface area is 217 Å². The topological polar surface area (TPSA) is 132 Å². The van der Waals surface area contributed by atoms with Crippen LogP contribution in [0.25, 0.3) is 0 Å². The number of carbonyl (C=O) groups excluding carboxylic acids is 5. The first-order valence-corrected chi connectivity index (χ1v) is 12.2. The lowest BCUT2D eigenvalue weighted by molar-refractivity contribution is -0.205. The van der Waals surface area contributed by atoms with Crippen molar-refractivity contribution in [2.75, 3.05) is 6.61 Å². The lowest BCUT2D eigenvalue weighted by atomic mass is 9.71. The van der Waals surface area contributed by atoms with Gasteiger partial charge in [-0.05, 0) is 37.5 Å². The van der Waals surface area contributed by atoms with E-state index in [9.17, 15) is 24.0 Å². The second kappa shape index (κ2) is 12.7.